The summed E-state index contributed by atoms with van der Waals surface area (Å²) >= 11 is 0. The van der Waals surface area contributed by atoms with E-state index in [4.69, 9.17) is 23.7 Å². The first kappa shape index (κ1) is 26.9. The molecule has 9 nitrogen and oxygen atoms in total. The van der Waals surface area contributed by atoms with Gasteiger partial charge in [-0.15, -0.1) is 0 Å². The highest BCUT2D eigenvalue weighted by Crippen LogP contribution is 2.44. The Morgan fingerprint density at radius 2 is 1.67 bits per heavy atom. The molecular formula is C27H33NO8. The number of carbonyl (C=O) groups is 2. The lowest BCUT2D eigenvalue weighted by Crippen LogP contribution is -2.32. The second kappa shape index (κ2) is 11.8. The summed E-state index contributed by atoms with van der Waals surface area (Å²) in [5.41, 5.74) is 0.668. The van der Waals surface area contributed by atoms with Crippen molar-refractivity contribution in [2.24, 2.45) is 0 Å². The minimum atomic E-state index is -0.901. The number of nitrogens with zero attached hydrogens (tertiary/aromatic N) is 1. The lowest BCUT2D eigenvalue weighted by atomic mass is 9.94. The van der Waals surface area contributed by atoms with Gasteiger partial charge >= 0.3 is 0 Å². The number of hydrogen-bond donors (Lipinski definition) is 1. The summed E-state index contributed by atoms with van der Waals surface area (Å²) in [6, 6.07) is 9.29. The largest absolute Gasteiger partial charge is 0.506 e. The maximum atomic E-state index is 13.3. The van der Waals surface area contributed by atoms with E-state index in [1.54, 1.807) is 36.4 Å². The Labute approximate surface area is 211 Å². The van der Waals surface area contributed by atoms with E-state index in [0.29, 0.717) is 35.2 Å². The highest BCUT2D eigenvalue weighted by Gasteiger charge is 2.46. The molecule has 194 valence electrons. The summed E-state index contributed by atoms with van der Waals surface area (Å²) in [5.74, 6) is -0.358. The van der Waals surface area contributed by atoms with Crippen LogP contribution in [0.5, 0.6) is 23.0 Å². The van der Waals surface area contributed by atoms with Crippen molar-refractivity contribution in [1.29, 1.82) is 0 Å². The fourth-order valence-corrected chi connectivity index (χ4v) is 4.18. The quantitative estimate of drug-likeness (QED) is 0.282. The van der Waals surface area contributed by atoms with Gasteiger partial charge in [-0.2, -0.15) is 0 Å². The highest BCUT2D eigenvalue weighted by molar-refractivity contribution is 6.46. The summed E-state index contributed by atoms with van der Waals surface area (Å²) in [6.07, 6.45) is -0.0830. The molecule has 0 aromatic heterocycles. The van der Waals surface area contributed by atoms with E-state index in [1.807, 2.05) is 20.8 Å². The second-order valence-corrected chi connectivity index (χ2v) is 8.33. The first-order valence-corrected chi connectivity index (χ1v) is 11.7. The lowest BCUT2D eigenvalue weighted by Gasteiger charge is -2.26. The Hall–Kier alpha value is -3.72. The van der Waals surface area contributed by atoms with Gasteiger partial charge in [-0.05, 0) is 50.6 Å². The van der Waals surface area contributed by atoms with Crippen LogP contribution in [0.3, 0.4) is 0 Å². The van der Waals surface area contributed by atoms with E-state index in [9.17, 15) is 14.7 Å². The summed E-state index contributed by atoms with van der Waals surface area (Å²) in [4.78, 5) is 27.8. The molecule has 2 aromatic rings. The van der Waals surface area contributed by atoms with Crippen LogP contribution in [0.4, 0.5) is 0 Å². The number of Topliss-reactive ketones (excluding diaryl/α,β-unsaturated/α-hetero) is 1. The molecule has 0 aliphatic carbocycles. The van der Waals surface area contributed by atoms with Gasteiger partial charge in [-0.1, -0.05) is 12.1 Å². The van der Waals surface area contributed by atoms with Crippen LogP contribution in [0, 0.1) is 0 Å². The van der Waals surface area contributed by atoms with Crippen molar-refractivity contribution in [2.75, 3.05) is 41.1 Å². The van der Waals surface area contributed by atoms with Crippen molar-refractivity contribution < 1.29 is 38.4 Å². The van der Waals surface area contributed by atoms with Crippen LogP contribution in [0.1, 0.15) is 37.9 Å². The first-order valence-electron chi connectivity index (χ1n) is 11.7. The summed E-state index contributed by atoms with van der Waals surface area (Å²) < 4.78 is 27.7. The topological polar surface area (TPSA) is 104 Å². The molecule has 9 heteroatoms. The molecule has 1 aliphatic heterocycles. The van der Waals surface area contributed by atoms with Gasteiger partial charge in [0.25, 0.3) is 11.7 Å². The molecule has 0 radical (unpaired) electrons. The van der Waals surface area contributed by atoms with Crippen LogP contribution in [-0.2, 0) is 14.3 Å². The minimum Gasteiger partial charge on any atom is -0.506 e. The zero-order valence-corrected chi connectivity index (χ0v) is 21.5. The van der Waals surface area contributed by atoms with E-state index in [2.05, 4.69) is 0 Å². The predicted molar refractivity (Wildman–Crippen MR) is 134 cm³/mol. The molecule has 1 heterocycles. The number of amides is 1. The zero-order chi connectivity index (χ0) is 26.4. The molecule has 0 bridgehead atoms. The third-order valence-electron chi connectivity index (χ3n) is 5.69. The fourth-order valence-electron chi connectivity index (χ4n) is 4.18. The average molecular weight is 500 g/mol. The fraction of sp³-hybridized carbons (Fsp3) is 0.407. The number of rotatable bonds is 11. The number of carbonyl (C=O) groups excluding carboxylic acids is 2. The molecule has 1 N–H and O–H groups in total. The molecule has 36 heavy (non-hydrogen) atoms. The van der Waals surface area contributed by atoms with Crippen molar-refractivity contribution >= 4 is 17.4 Å². The molecule has 1 unspecified atom stereocenters. The number of ether oxygens (including phenoxy) is 5. The average Bonchev–Trinajstić information content (AvgIpc) is 3.12. The molecule has 1 aliphatic rings. The third-order valence-corrected chi connectivity index (χ3v) is 5.69. The van der Waals surface area contributed by atoms with Crippen LogP contribution in [0.25, 0.3) is 5.76 Å². The summed E-state index contributed by atoms with van der Waals surface area (Å²) in [7, 11) is 4.40. The number of benzene rings is 2. The number of hydrogen-bond acceptors (Lipinski definition) is 8. The Balaban J connectivity index is 2.27. The molecule has 2 aromatic carbocycles. The van der Waals surface area contributed by atoms with Crippen molar-refractivity contribution in [1.82, 2.24) is 4.90 Å². The van der Waals surface area contributed by atoms with Crippen molar-refractivity contribution in [3.8, 4) is 23.0 Å². The summed E-state index contributed by atoms with van der Waals surface area (Å²) in [6.45, 7) is 6.40. The number of ketones is 1. The molecule has 0 spiro atoms. The van der Waals surface area contributed by atoms with E-state index < -0.39 is 23.5 Å². The number of likely N-dealkylation sites (tertiary alicyclic amines) is 1. The van der Waals surface area contributed by atoms with Crippen LogP contribution >= 0.6 is 0 Å². The molecule has 1 fully saturated rings. The van der Waals surface area contributed by atoms with Gasteiger partial charge in [0.2, 0.25) is 0 Å². The zero-order valence-electron chi connectivity index (χ0n) is 21.5. The van der Waals surface area contributed by atoms with Gasteiger partial charge in [-0.25, -0.2) is 0 Å². The van der Waals surface area contributed by atoms with Crippen molar-refractivity contribution in [3.63, 3.8) is 0 Å². The van der Waals surface area contributed by atoms with Crippen LogP contribution < -0.4 is 18.9 Å². The minimum absolute atomic E-state index is 0.0830. The van der Waals surface area contributed by atoms with Gasteiger partial charge < -0.3 is 33.7 Å². The first-order chi connectivity index (χ1) is 17.3. The number of aliphatic hydroxyl groups is 1. The molecule has 0 saturated carbocycles. The van der Waals surface area contributed by atoms with Crippen LogP contribution in [0.15, 0.2) is 42.0 Å². The Kier molecular flexibility index (Phi) is 8.82. The van der Waals surface area contributed by atoms with Gasteiger partial charge in [0.05, 0.1) is 45.2 Å². The van der Waals surface area contributed by atoms with Gasteiger partial charge in [0, 0.05) is 13.7 Å². The standard InChI is InChI=1S/C27H33NO8/c1-7-35-21-15-17(11-12-18(21)36-16(2)3)24-23(26(30)27(31)28(24)13-14-32-4)25(29)22-19(33-5)9-8-10-20(22)34-6/h8-12,15-16,24,29H,7,13-14H2,1-6H3/b25-23+. The van der Waals surface area contributed by atoms with Crippen LogP contribution in [0.2, 0.25) is 0 Å². The van der Waals surface area contributed by atoms with Crippen LogP contribution in [-0.4, -0.2) is 68.9 Å². The van der Waals surface area contributed by atoms with E-state index in [-0.39, 0.29) is 30.4 Å². The van der Waals surface area contributed by atoms with Gasteiger partial charge in [0.1, 0.15) is 22.8 Å². The Morgan fingerprint density at radius 3 is 2.22 bits per heavy atom. The maximum absolute atomic E-state index is 13.3. The van der Waals surface area contributed by atoms with E-state index in [1.165, 1.54) is 26.2 Å². The SMILES string of the molecule is CCOc1cc(C2/C(=C(\O)c3c(OC)cccc3OC)C(=O)C(=O)N2CCOC)ccc1OC(C)C. The van der Waals surface area contributed by atoms with Crippen molar-refractivity contribution in [2.45, 2.75) is 32.9 Å². The van der Waals surface area contributed by atoms with E-state index in [0.717, 1.165) is 0 Å². The van der Waals surface area contributed by atoms with E-state index >= 15 is 0 Å². The lowest BCUT2D eigenvalue weighted by molar-refractivity contribution is -0.140. The molecule has 3 rings (SSSR count). The Morgan fingerprint density at radius 1 is 1.00 bits per heavy atom. The maximum Gasteiger partial charge on any atom is 0.295 e. The highest BCUT2D eigenvalue weighted by atomic mass is 16.5. The Bertz CT molecular complexity index is 1120. The molecule has 1 amide bonds. The number of aliphatic hydroxyl groups excluding tert-OH is 1. The normalized spacial score (nSPS) is 17.0. The molecule has 1 atom stereocenters. The molecule has 1 saturated heterocycles. The van der Waals surface area contributed by atoms with Gasteiger partial charge in [-0.3, -0.25) is 9.59 Å². The van der Waals surface area contributed by atoms with Crippen molar-refractivity contribution in [3.05, 3.63) is 53.1 Å². The number of methoxy groups -OCH3 is 3. The smallest absolute Gasteiger partial charge is 0.295 e. The second-order valence-electron chi connectivity index (χ2n) is 8.33. The monoisotopic (exact) mass is 499 g/mol. The predicted octanol–water partition coefficient (Wildman–Crippen LogP) is 3.96. The van der Waals surface area contributed by atoms with Gasteiger partial charge in [0.15, 0.2) is 11.5 Å². The molecular weight excluding hydrogens is 466 g/mol. The summed E-state index contributed by atoms with van der Waals surface area (Å²) in [5, 5.41) is 11.5. The third kappa shape index (κ3) is 5.26.